The van der Waals surface area contributed by atoms with Crippen molar-refractivity contribution in [1.29, 1.82) is 0 Å². The number of nitrogens with zero attached hydrogens (tertiary/aromatic N) is 1. The van der Waals surface area contributed by atoms with Crippen LogP contribution in [0.5, 0.6) is 0 Å². The van der Waals surface area contributed by atoms with Crippen molar-refractivity contribution >= 4 is 32.4 Å². The quantitative estimate of drug-likeness (QED) is 0.787. The van der Waals surface area contributed by atoms with Crippen molar-refractivity contribution in [2.75, 3.05) is 18.2 Å². The lowest BCUT2D eigenvalue weighted by Gasteiger charge is -2.24. The van der Waals surface area contributed by atoms with Gasteiger partial charge in [0.1, 0.15) is 0 Å². The van der Waals surface area contributed by atoms with Crippen molar-refractivity contribution in [2.45, 2.75) is 11.4 Å². The lowest BCUT2D eigenvalue weighted by Crippen LogP contribution is -2.21. The minimum absolute atomic E-state index is 0.0948. The zero-order valence-electron chi connectivity index (χ0n) is 12.3. The number of benzene rings is 2. The Kier molecular flexibility index (Phi) is 4.88. The molecule has 6 heteroatoms. The predicted molar refractivity (Wildman–Crippen MR) is 88.3 cm³/mol. The molecule has 0 saturated carbocycles. The fourth-order valence-electron chi connectivity index (χ4n) is 2.31. The molecular weight excluding hydrogens is 322 g/mol. The smallest absolute Gasteiger partial charge is 0.254 e. The fraction of sp³-hybridized carbons (Fsp3) is 0.188. The molecule has 2 aromatic rings. The highest BCUT2D eigenvalue weighted by Gasteiger charge is 2.22. The van der Waals surface area contributed by atoms with E-state index in [0.29, 0.717) is 12.2 Å². The summed E-state index contributed by atoms with van der Waals surface area (Å²) in [5.74, 6) is 0. The Balaban J connectivity index is 2.54. The molecule has 0 aliphatic heterocycles. The van der Waals surface area contributed by atoms with Crippen LogP contribution in [0.2, 0.25) is 0 Å². The highest BCUT2D eigenvalue weighted by molar-refractivity contribution is 7.90. The molecule has 0 atom stereocenters. The Morgan fingerprint density at radius 3 is 2.27 bits per heavy atom. The Morgan fingerprint density at radius 2 is 1.73 bits per heavy atom. The summed E-state index contributed by atoms with van der Waals surface area (Å²) in [7, 11) is -1.74. The maximum atomic E-state index is 12.0. The van der Waals surface area contributed by atoms with Crippen LogP contribution in [-0.4, -0.2) is 27.0 Å². The van der Waals surface area contributed by atoms with E-state index in [2.05, 4.69) is 0 Å². The summed E-state index contributed by atoms with van der Waals surface area (Å²) in [4.78, 5) is 13.5. The first-order valence-electron chi connectivity index (χ1n) is 6.58. The standard InChI is InChI=1S/C16H16ClNO3S/c1-18(11-12-7-4-3-5-8-12)15-13(16(17)19)9-6-10-14(15)22(2,20)21/h3-10H,11H2,1-2H3. The van der Waals surface area contributed by atoms with E-state index >= 15 is 0 Å². The number of para-hydroxylation sites is 1. The van der Waals surface area contributed by atoms with Crippen LogP contribution in [0.1, 0.15) is 15.9 Å². The van der Waals surface area contributed by atoms with Crippen LogP contribution in [0.4, 0.5) is 5.69 Å². The molecule has 0 fully saturated rings. The third kappa shape index (κ3) is 3.67. The van der Waals surface area contributed by atoms with Gasteiger partial charge in [-0.15, -0.1) is 0 Å². The molecular formula is C16H16ClNO3S. The van der Waals surface area contributed by atoms with E-state index in [-0.39, 0.29) is 10.5 Å². The van der Waals surface area contributed by atoms with E-state index in [1.807, 2.05) is 30.3 Å². The van der Waals surface area contributed by atoms with E-state index in [4.69, 9.17) is 11.6 Å². The van der Waals surface area contributed by atoms with Crippen LogP contribution in [-0.2, 0) is 16.4 Å². The maximum Gasteiger partial charge on any atom is 0.254 e. The summed E-state index contributed by atoms with van der Waals surface area (Å²) in [6.45, 7) is 0.463. The van der Waals surface area contributed by atoms with Gasteiger partial charge in [0.15, 0.2) is 9.84 Å². The number of rotatable bonds is 5. The number of carbonyl (C=O) groups is 1. The normalized spacial score (nSPS) is 11.2. The zero-order chi connectivity index (χ0) is 16.3. The number of hydrogen-bond acceptors (Lipinski definition) is 4. The summed E-state index contributed by atoms with van der Waals surface area (Å²) < 4.78 is 24.0. The molecule has 0 aromatic heterocycles. The number of carbonyl (C=O) groups excluding carboxylic acids is 1. The summed E-state index contributed by atoms with van der Waals surface area (Å²) in [6, 6.07) is 14.1. The third-order valence-corrected chi connectivity index (χ3v) is 4.59. The monoisotopic (exact) mass is 337 g/mol. The van der Waals surface area contributed by atoms with Crippen LogP contribution < -0.4 is 4.90 Å². The van der Waals surface area contributed by atoms with Crippen molar-refractivity contribution < 1.29 is 13.2 Å². The fourth-order valence-corrected chi connectivity index (χ4v) is 3.41. The molecule has 4 nitrogen and oxygen atoms in total. The summed E-state index contributed by atoms with van der Waals surface area (Å²) in [5.41, 5.74) is 1.51. The van der Waals surface area contributed by atoms with Gasteiger partial charge in [-0.3, -0.25) is 4.79 Å². The van der Waals surface area contributed by atoms with E-state index < -0.39 is 15.1 Å². The van der Waals surface area contributed by atoms with E-state index in [0.717, 1.165) is 11.8 Å². The van der Waals surface area contributed by atoms with Crippen LogP contribution in [0.15, 0.2) is 53.4 Å². The number of halogens is 1. The first-order chi connectivity index (χ1) is 10.3. The molecule has 0 heterocycles. The zero-order valence-corrected chi connectivity index (χ0v) is 13.9. The molecule has 116 valence electrons. The van der Waals surface area contributed by atoms with Gasteiger partial charge >= 0.3 is 0 Å². The van der Waals surface area contributed by atoms with Crippen LogP contribution >= 0.6 is 11.6 Å². The minimum atomic E-state index is -3.48. The first-order valence-corrected chi connectivity index (χ1v) is 8.85. The Morgan fingerprint density at radius 1 is 1.09 bits per heavy atom. The Labute approximate surface area is 135 Å². The van der Waals surface area contributed by atoms with Crippen LogP contribution in [0, 0.1) is 0 Å². The van der Waals surface area contributed by atoms with Gasteiger partial charge in [-0.25, -0.2) is 8.42 Å². The van der Waals surface area contributed by atoms with E-state index in [1.54, 1.807) is 11.9 Å². The number of hydrogen-bond donors (Lipinski definition) is 0. The summed E-state index contributed by atoms with van der Waals surface area (Å²) in [6.07, 6.45) is 1.12. The van der Waals surface area contributed by atoms with E-state index in [1.165, 1.54) is 18.2 Å². The largest absolute Gasteiger partial charge is 0.369 e. The third-order valence-electron chi connectivity index (χ3n) is 3.25. The molecule has 0 unspecified atom stereocenters. The van der Waals surface area contributed by atoms with E-state index in [9.17, 15) is 13.2 Å². The maximum absolute atomic E-state index is 12.0. The van der Waals surface area contributed by atoms with Gasteiger partial charge in [0, 0.05) is 19.8 Å². The second-order valence-electron chi connectivity index (χ2n) is 5.04. The summed E-state index contributed by atoms with van der Waals surface area (Å²) >= 11 is 5.62. The van der Waals surface area contributed by atoms with Gasteiger partial charge in [0.2, 0.25) is 0 Å². The van der Waals surface area contributed by atoms with Gasteiger partial charge in [-0.1, -0.05) is 36.4 Å². The molecule has 0 N–H and O–H groups in total. The molecule has 2 rings (SSSR count). The topological polar surface area (TPSA) is 54.5 Å². The first kappa shape index (κ1) is 16.5. The highest BCUT2D eigenvalue weighted by atomic mass is 35.5. The van der Waals surface area contributed by atoms with Crippen molar-refractivity contribution in [3.8, 4) is 0 Å². The van der Waals surface area contributed by atoms with Gasteiger partial charge in [-0.05, 0) is 29.3 Å². The molecule has 0 amide bonds. The molecule has 0 spiro atoms. The van der Waals surface area contributed by atoms with Crippen molar-refractivity contribution in [3.63, 3.8) is 0 Å². The van der Waals surface area contributed by atoms with Crippen molar-refractivity contribution in [3.05, 3.63) is 59.7 Å². The molecule has 0 saturated heterocycles. The van der Waals surface area contributed by atoms with Gasteiger partial charge < -0.3 is 4.90 Å². The van der Waals surface area contributed by atoms with Crippen molar-refractivity contribution in [2.24, 2.45) is 0 Å². The predicted octanol–water partition coefficient (Wildman–Crippen LogP) is 3.11. The highest BCUT2D eigenvalue weighted by Crippen LogP contribution is 2.30. The van der Waals surface area contributed by atoms with Gasteiger partial charge in [0.25, 0.3) is 5.24 Å². The lowest BCUT2D eigenvalue weighted by atomic mass is 10.1. The average molecular weight is 338 g/mol. The second-order valence-corrected chi connectivity index (χ2v) is 7.37. The molecule has 0 aliphatic carbocycles. The van der Waals surface area contributed by atoms with Crippen molar-refractivity contribution in [1.82, 2.24) is 0 Å². The molecule has 2 aromatic carbocycles. The summed E-state index contributed by atoms with van der Waals surface area (Å²) in [5, 5.41) is -0.680. The van der Waals surface area contributed by atoms with Gasteiger partial charge in [0.05, 0.1) is 16.1 Å². The lowest BCUT2D eigenvalue weighted by molar-refractivity contribution is 0.108. The SMILES string of the molecule is CN(Cc1ccccc1)c1c(C(=O)Cl)cccc1S(C)(=O)=O. The van der Waals surface area contributed by atoms with Crippen LogP contribution in [0.25, 0.3) is 0 Å². The molecule has 0 aliphatic rings. The Hall–Kier alpha value is -1.85. The average Bonchev–Trinajstić information content (AvgIpc) is 2.46. The number of anilines is 1. The minimum Gasteiger partial charge on any atom is -0.369 e. The van der Waals surface area contributed by atoms with Crippen LogP contribution in [0.3, 0.4) is 0 Å². The van der Waals surface area contributed by atoms with Gasteiger partial charge in [-0.2, -0.15) is 0 Å². The molecule has 0 radical (unpaired) electrons. The number of sulfone groups is 1. The molecule has 22 heavy (non-hydrogen) atoms. The molecule has 0 bridgehead atoms. The Bertz CT molecular complexity index is 788. The second kappa shape index (κ2) is 6.50.